The Morgan fingerprint density at radius 1 is 0.850 bits per heavy atom. The molecule has 0 fully saturated rings. The number of allylic oxidation sites excluding steroid dienone is 2. The fraction of sp³-hybridized carbons (Fsp3) is 0.812. The van der Waals surface area contributed by atoms with E-state index in [9.17, 15) is 18.0 Å². The highest BCUT2D eigenvalue weighted by atomic mass is 19.4. The number of carbonyl (C=O) groups is 1. The van der Waals surface area contributed by atoms with E-state index in [-0.39, 0.29) is 6.42 Å². The molecule has 0 rings (SSSR count). The van der Waals surface area contributed by atoms with E-state index in [1.54, 1.807) is 0 Å². The first-order chi connectivity index (χ1) is 9.48. The van der Waals surface area contributed by atoms with Gasteiger partial charge in [0, 0.05) is 6.42 Å². The van der Waals surface area contributed by atoms with Gasteiger partial charge in [-0.1, -0.05) is 57.6 Å². The summed E-state index contributed by atoms with van der Waals surface area (Å²) in [6.07, 6.45) is 9.46. The lowest BCUT2D eigenvalue weighted by Gasteiger charge is -2.04. The lowest BCUT2D eigenvalue weighted by atomic mass is 10.1. The Kier molecular flexibility index (Phi) is 11.5. The Hall–Kier alpha value is -0.800. The van der Waals surface area contributed by atoms with Crippen LogP contribution in [0.2, 0.25) is 0 Å². The van der Waals surface area contributed by atoms with E-state index in [1.165, 1.54) is 12.8 Å². The molecule has 118 valence electrons. The quantitative estimate of drug-likeness (QED) is 0.319. The molecule has 0 unspecified atom stereocenters. The molecule has 0 aliphatic carbocycles. The number of halogens is 3. The summed E-state index contributed by atoms with van der Waals surface area (Å²) in [7, 11) is 0. The molecule has 0 aliphatic rings. The summed E-state index contributed by atoms with van der Waals surface area (Å²) in [6, 6.07) is 0. The van der Waals surface area contributed by atoms with Crippen LogP contribution in [0.4, 0.5) is 13.2 Å². The highest BCUT2D eigenvalue weighted by Gasteiger charge is 2.36. The Morgan fingerprint density at radius 2 is 1.35 bits per heavy atom. The minimum atomic E-state index is -4.65. The Balaban J connectivity index is 3.25. The second-order valence-electron chi connectivity index (χ2n) is 5.19. The zero-order chi connectivity index (χ0) is 15.3. The molecule has 0 aliphatic heterocycles. The van der Waals surface area contributed by atoms with E-state index in [0.717, 1.165) is 38.5 Å². The summed E-state index contributed by atoms with van der Waals surface area (Å²) < 4.78 is 35.8. The smallest absolute Gasteiger partial charge is 0.290 e. The summed E-state index contributed by atoms with van der Waals surface area (Å²) >= 11 is 0. The van der Waals surface area contributed by atoms with Crippen molar-refractivity contribution in [1.82, 2.24) is 0 Å². The third-order valence-electron chi connectivity index (χ3n) is 3.23. The van der Waals surface area contributed by atoms with Gasteiger partial charge >= 0.3 is 6.18 Å². The minimum absolute atomic E-state index is 0.356. The molecule has 20 heavy (non-hydrogen) atoms. The van der Waals surface area contributed by atoms with Crippen LogP contribution in [-0.4, -0.2) is 12.0 Å². The second kappa shape index (κ2) is 12.0. The molecule has 0 saturated carbocycles. The standard InChI is InChI=1S/C16H27F3O/c1-2-3-4-5-6-7-8-9-10-11-12-13-14-15(20)16(17,18)19/h5-6H,2-4,7-14H2,1H3/b6-5-. The maximum Gasteiger partial charge on any atom is 0.449 e. The Bertz CT molecular complexity index is 269. The van der Waals surface area contributed by atoms with E-state index < -0.39 is 12.0 Å². The van der Waals surface area contributed by atoms with Gasteiger partial charge in [0.25, 0.3) is 0 Å². The zero-order valence-electron chi connectivity index (χ0n) is 12.5. The largest absolute Gasteiger partial charge is 0.449 e. The summed E-state index contributed by atoms with van der Waals surface area (Å²) in [5, 5.41) is 0. The first kappa shape index (κ1) is 19.2. The number of unbranched alkanes of at least 4 members (excludes halogenated alkanes) is 8. The van der Waals surface area contributed by atoms with Crippen LogP contribution in [0.1, 0.15) is 77.6 Å². The van der Waals surface area contributed by atoms with Crippen molar-refractivity contribution in [2.24, 2.45) is 0 Å². The number of alkyl halides is 3. The predicted octanol–water partition coefficient (Wildman–Crippen LogP) is 5.99. The van der Waals surface area contributed by atoms with Gasteiger partial charge in [0.1, 0.15) is 0 Å². The van der Waals surface area contributed by atoms with Gasteiger partial charge in [-0.15, -0.1) is 0 Å². The first-order valence-corrected chi connectivity index (χ1v) is 7.73. The van der Waals surface area contributed by atoms with Crippen molar-refractivity contribution < 1.29 is 18.0 Å². The van der Waals surface area contributed by atoms with Crippen LogP contribution in [0.15, 0.2) is 12.2 Å². The van der Waals surface area contributed by atoms with Gasteiger partial charge in [-0.3, -0.25) is 4.79 Å². The molecular formula is C16H27F3O. The third kappa shape index (κ3) is 12.2. The van der Waals surface area contributed by atoms with E-state index in [4.69, 9.17) is 0 Å². The minimum Gasteiger partial charge on any atom is -0.290 e. The molecule has 0 heterocycles. The highest BCUT2D eigenvalue weighted by molar-refractivity contribution is 5.83. The van der Waals surface area contributed by atoms with Crippen molar-refractivity contribution in [1.29, 1.82) is 0 Å². The molecule has 0 aromatic rings. The van der Waals surface area contributed by atoms with Crippen molar-refractivity contribution >= 4 is 5.78 Å². The molecule has 1 nitrogen and oxygen atoms in total. The summed E-state index contributed by atoms with van der Waals surface area (Å²) in [5.74, 6) is -1.59. The van der Waals surface area contributed by atoms with Crippen LogP contribution in [0, 0.1) is 0 Å². The lowest BCUT2D eigenvalue weighted by Crippen LogP contribution is -2.22. The maximum absolute atomic E-state index is 11.9. The lowest BCUT2D eigenvalue weighted by molar-refractivity contribution is -0.171. The van der Waals surface area contributed by atoms with Crippen molar-refractivity contribution in [3.05, 3.63) is 12.2 Å². The number of hydrogen-bond acceptors (Lipinski definition) is 1. The number of hydrogen-bond donors (Lipinski definition) is 0. The van der Waals surface area contributed by atoms with Gasteiger partial charge in [-0.25, -0.2) is 0 Å². The molecule has 0 N–H and O–H groups in total. The fourth-order valence-electron chi connectivity index (χ4n) is 1.95. The normalized spacial score (nSPS) is 12.2. The molecule has 0 amide bonds. The van der Waals surface area contributed by atoms with Crippen LogP contribution in [-0.2, 0) is 4.79 Å². The van der Waals surface area contributed by atoms with Crippen LogP contribution < -0.4 is 0 Å². The molecule has 0 bridgehead atoms. The van der Waals surface area contributed by atoms with E-state index in [0.29, 0.717) is 12.8 Å². The number of rotatable bonds is 12. The molecular weight excluding hydrogens is 265 g/mol. The van der Waals surface area contributed by atoms with Crippen LogP contribution >= 0.6 is 0 Å². The van der Waals surface area contributed by atoms with Gasteiger partial charge < -0.3 is 0 Å². The van der Waals surface area contributed by atoms with Crippen LogP contribution in [0.3, 0.4) is 0 Å². The number of Topliss-reactive ketones (excluding diaryl/α,β-unsaturated/α-hetero) is 1. The monoisotopic (exact) mass is 292 g/mol. The average Bonchev–Trinajstić information content (AvgIpc) is 2.38. The van der Waals surface area contributed by atoms with E-state index >= 15 is 0 Å². The molecule has 0 spiro atoms. The van der Waals surface area contributed by atoms with Crippen LogP contribution in [0.5, 0.6) is 0 Å². The third-order valence-corrected chi connectivity index (χ3v) is 3.23. The van der Waals surface area contributed by atoms with Gasteiger partial charge in [0.05, 0.1) is 0 Å². The number of carbonyl (C=O) groups excluding carboxylic acids is 1. The number of ketones is 1. The van der Waals surface area contributed by atoms with Crippen molar-refractivity contribution in [3.63, 3.8) is 0 Å². The summed E-state index contributed by atoms with van der Waals surface area (Å²) in [5.41, 5.74) is 0. The van der Waals surface area contributed by atoms with Gasteiger partial charge in [0.15, 0.2) is 0 Å². The van der Waals surface area contributed by atoms with Crippen molar-refractivity contribution in [2.45, 2.75) is 83.7 Å². The second-order valence-corrected chi connectivity index (χ2v) is 5.19. The maximum atomic E-state index is 11.9. The summed E-state index contributed by atoms with van der Waals surface area (Å²) in [4.78, 5) is 10.6. The van der Waals surface area contributed by atoms with E-state index in [1.807, 2.05) is 0 Å². The predicted molar refractivity (Wildman–Crippen MR) is 76.7 cm³/mol. The molecule has 0 saturated heterocycles. The van der Waals surface area contributed by atoms with Crippen molar-refractivity contribution in [3.8, 4) is 0 Å². The Morgan fingerprint density at radius 3 is 1.90 bits per heavy atom. The molecule has 0 aromatic carbocycles. The zero-order valence-corrected chi connectivity index (χ0v) is 12.5. The Labute approximate surface area is 120 Å². The molecule has 4 heteroatoms. The average molecular weight is 292 g/mol. The summed E-state index contributed by atoms with van der Waals surface area (Å²) in [6.45, 7) is 2.18. The molecule has 0 radical (unpaired) electrons. The SMILES string of the molecule is CCCC/C=C\CCCCCCCCC(=O)C(F)(F)F. The van der Waals surface area contributed by atoms with Crippen molar-refractivity contribution in [2.75, 3.05) is 0 Å². The van der Waals surface area contributed by atoms with Gasteiger partial charge in [-0.2, -0.15) is 13.2 Å². The van der Waals surface area contributed by atoms with Gasteiger partial charge in [0.2, 0.25) is 5.78 Å². The van der Waals surface area contributed by atoms with Crippen LogP contribution in [0.25, 0.3) is 0 Å². The van der Waals surface area contributed by atoms with E-state index in [2.05, 4.69) is 19.1 Å². The molecule has 0 aromatic heterocycles. The first-order valence-electron chi connectivity index (χ1n) is 7.73. The molecule has 0 atom stereocenters. The highest BCUT2D eigenvalue weighted by Crippen LogP contribution is 2.19. The topological polar surface area (TPSA) is 17.1 Å². The fourth-order valence-corrected chi connectivity index (χ4v) is 1.95. The van der Waals surface area contributed by atoms with Gasteiger partial charge in [-0.05, 0) is 25.7 Å².